The molecule has 0 aliphatic carbocycles. The Morgan fingerprint density at radius 1 is 1.21 bits per heavy atom. The van der Waals surface area contributed by atoms with Crippen LogP contribution in [0.1, 0.15) is 33.6 Å². The Labute approximate surface area is 86.9 Å². The highest BCUT2D eigenvalue weighted by molar-refractivity contribution is 5.68. The fourth-order valence-corrected chi connectivity index (χ4v) is 1.47. The zero-order chi connectivity index (χ0) is 10.4. The van der Waals surface area contributed by atoms with Crippen LogP contribution in [-0.4, -0.2) is 6.21 Å². The first kappa shape index (κ1) is 11.0. The van der Waals surface area contributed by atoms with Crippen LogP contribution in [0.4, 0.5) is 5.69 Å². The van der Waals surface area contributed by atoms with Crippen LogP contribution in [0.5, 0.6) is 0 Å². The van der Waals surface area contributed by atoms with Crippen LogP contribution in [0.15, 0.2) is 35.3 Å². The van der Waals surface area contributed by atoms with E-state index in [1.807, 2.05) is 30.3 Å². The molecule has 0 spiro atoms. The van der Waals surface area contributed by atoms with Crippen molar-refractivity contribution in [1.29, 1.82) is 0 Å². The van der Waals surface area contributed by atoms with E-state index in [4.69, 9.17) is 0 Å². The first-order valence-electron chi connectivity index (χ1n) is 5.24. The second kappa shape index (κ2) is 4.94. The summed E-state index contributed by atoms with van der Waals surface area (Å²) in [5.41, 5.74) is 1.25. The molecule has 0 unspecified atom stereocenters. The fraction of sp³-hybridized carbons (Fsp3) is 0.462. The van der Waals surface area contributed by atoms with Gasteiger partial charge in [-0.15, -0.1) is 0 Å². The Balaban J connectivity index is 2.64. The molecule has 14 heavy (non-hydrogen) atoms. The van der Waals surface area contributed by atoms with Crippen molar-refractivity contribution in [3.63, 3.8) is 0 Å². The Morgan fingerprint density at radius 2 is 1.86 bits per heavy atom. The summed E-state index contributed by atoms with van der Waals surface area (Å²) in [5.74, 6) is 0. The van der Waals surface area contributed by atoms with E-state index in [-0.39, 0.29) is 5.41 Å². The molecule has 0 N–H and O–H groups in total. The molecule has 0 saturated heterocycles. The second-order valence-corrected chi connectivity index (χ2v) is 4.33. The number of hydrogen-bond acceptors (Lipinski definition) is 1. The van der Waals surface area contributed by atoms with Gasteiger partial charge < -0.3 is 0 Å². The predicted molar refractivity (Wildman–Crippen MR) is 63.3 cm³/mol. The van der Waals surface area contributed by atoms with E-state index < -0.39 is 0 Å². The molecule has 0 atom stereocenters. The van der Waals surface area contributed by atoms with Gasteiger partial charge in [-0.3, -0.25) is 4.99 Å². The quantitative estimate of drug-likeness (QED) is 0.629. The maximum Gasteiger partial charge on any atom is 0.0625 e. The molecule has 1 heteroatoms. The number of aliphatic imine (C=N–C) groups is 1. The van der Waals surface area contributed by atoms with Gasteiger partial charge in [0.2, 0.25) is 0 Å². The van der Waals surface area contributed by atoms with E-state index in [1.165, 1.54) is 12.8 Å². The van der Waals surface area contributed by atoms with E-state index >= 15 is 0 Å². The number of para-hydroxylation sites is 1. The fourth-order valence-electron chi connectivity index (χ4n) is 1.47. The molecule has 0 aromatic heterocycles. The molecule has 76 valence electrons. The first-order chi connectivity index (χ1) is 6.64. The topological polar surface area (TPSA) is 12.4 Å². The highest BCUT2D eigenvalue weighted by atomic mass is 14.7. The molecule has 0 radical (unpaired) electrons. The summed E-state index contributed by atoms with van der Waals surface area (Å²) >= 11 is 0. The number of hydrogen-bond donors (Lipinski definition) is 0. The lowest BCUT2D eigenvalue weighted by Gasteiger charge is -2.17. The van der Waals surface area contributed by atoms with Crippen molar-refractivity contribution in [3.8, 4) is 0 Å². The standard InChI is InChI=1S/C13H19N/c1-4-10-13(2,3)11-14-12-8-6-5-7-9-12/h5-9,11H,4,10H2,1-3H3. The minimum Gasteiger partial charge on any atom is -0.261 e. The summed E-state index contributed by atoms with van der Waals surface area (Å²) in [6.45, 7) is 6.66. The van der Waals surface area contributed by atoms with Crippen LogP contribution >= 0.6 is 0 Å². The van der Waals surface area contributed by atoms with Gasteiger partial charge in [0.15, 0.2) is 0 Å². The summed E-state index contributed by atoms with van der Waals surface area (Å²) in [4.78, 5) is 4.47. The lowest BCUT2D eigenvalue weighted by atomic mass is 9.90. The molecule has 1 nitrogen and oxygen atoms in total. The van der Waals surface area contributed by atoms with Crippen LogP contribution in [-0.2, 0) is 0 Å². The van der Waals surface area contributed by atoms with Crippen LogP contribution in [0.2, 0.25) is 0 Å². The van der Waals surface area contributed by atoms with E-state index in [0.717, 1.165) is 5.69 Å². The highest BCUT2D eigenvalue weighted by Gasteiger charge is 2.12. The first-order valence-corrected chi connectivity index (χ1v) is 5.24. The van der Waals surface area contributed by atoms with Gasteiger partial charge in [0.1, 0.15) is 0 Å². The monoisotopic (exact) mass is 189 g/mol. The van der Waals surface area contributed by atoms with Gasteiger partial charge in [0.05, 0.1) is 5.69 Å². The third-order valence-electron chi connectivity index (χ3n) is 2.21. The summed E-state index contributed by atoms with van der Waals surface area (Å²) in [5, 5.41) is 0. The second-order valence-electron chi connectivity index (χ2n) is 4.33. The summed E-state index contributed by atoms with van der Waals surface area (Å²) in [6, 6.07) is 10.1. The average molecular weight is 189 g/mol. The largest absolute Gasteiger partial charge is 0.261 e. The Morgan fingerprint density at radius 3 is 2.43 bits per heavy atom. The van der Waals surface area contributed by atoms with Crippen LogP contribution in [0.25, 0.3) is 0 Å². The van der Waals surface area contributed by atoms with Gasteiger partial charge >= 0.3 is 0 Å². The Kier molecular flexibility index (Phi) is 3.87. The van der Waals surface area contributed by atoms with Gasteiger partial charge in [0, 0.05) is 11.6 Å². The average Bonchev–Trinajstić information content (AvgIpc) is 2.17. The predicted octanol–water partition coefficient (Wildman–Crippen LogP) is 4.22. The molecular weight excluding hydrogens is 170 g/mol. The highest BCUT2D eigenvalue weighted by Crippen LogP contribution is 2.21. The van der Waals surface area contributed by atoms with Crippen LogP contribution < -0.4 is 0 Å². The third-order valence-corrected chi connectivity index (χ3v) is 2.21. The van der Waals surface area contributed by atoms with Crippen LogP contribution in [0, 0.1) is 5.41 Å². The van der Waals surface area contributed by atoms with Crippen molar-refractivity contribution in [3.05, 3.63) is 30.3 Å². The summed E-state index contributed by atoms with van der Waals surface area (Å²) < 4.78 is 0. The van der Waals surface area contributed by atoms with Gasteiger partial charge in [0.25, 0.3) is 0 Å². The van der Waals surface area contributed by atoms with E-state index in [2.05, 4.69) is 32.0 Å². The third kappa shape index (κ3) is 3.73. The molecule has 0 heterocycles. The summed E-state index contributed by atoms with van der Waals surface area (Å²) in [7, 11) is 0. The molecule has 0 amide bonds. The maximum atomic E-state index is 4.47. The van der Waals surface area contributed by atoms with Gasteiger partial charge in [-0.05, 0) is 18.6 Å². The van der Waals surface area contributed by atoms with Gasteiger partial charge in [-0.2, -0.15) is 0 Å². The lowest BCUT2D eigenvalue weighted by Crippen LogP contribution is -2.11. The molecule has 1 aromatic rings. The minimum atomic E-state index is 0.213. The van der Waals surface area contributed by atoms with Crippen molar-refractivity contribution in [2.24, 2.45) is 10.4 Å². The molecule has 0 bridgehead atoms. The zero-order valence-corrected chi connectivity index (χ0v) is 9.33. The smallest absolute Gasteiger partial charge is 0.0625 e. The van der Waals surface area contributed by atoms with Crippen molar-refractivity contribution < 1.29 is 0 Å². The molecule has 0 fully saturated rings. The molecular formula is C13H19N. The van der Waals surface area contributed by atoms with E-state index in [0.29, 0.717) is 0 Å². The number of rotatable bonds is 4. The zero-order valence-electron chi connectivity index (χ0n) is 9.33. The Bertz CT molecular complexity index is 285. The molecule has 1 rings (SSSR count). The maximum absolute atomic E-state index is 4.47. The van der Waals surface area contributed by atoms with E-state index in [1.54, 1.807) is 0 Å². The van der Waals surface area contributed by atoms with Crippen LogP contribution in [0.3, 0.4) is 0 Å². The molecule has 0 aliphatic heterocycles. The van der Waals surface area contributed by atoms with E-state index in [9.17, 15) is 0 Å². The summed E-state index contributed by atoms with van der Waals surface area (Å²) in [6.07, 6.45) is 4.45. The van der Waals surface area contributed by atoms with Gasteiger partial charge in [-0.1, -0.05) is 45.4 Å². The lowest BCUT2D eigenvalue weighted by molar-refractivity contribution is 0.480. The normalized spacial score (nSPS) is 12.2. The molecule has 0 aliphatic rings. The Hall–Kier alpha value is -1.11. The van der Waals surface area contributed by atoms with Gasteiger partial charge in [-0.25, -0.2) is 0 Å². The molecule has 0 saturated carbocycles. The van der Waals surface area contributed by atoms with Crippen molar-refractivity contribution >= 4 is 11.9 Å². The molecule has 1 aromatic carbocycles. The van der Waals surface area contributed by atoms with Crippen molar-refractivity contribution in [2.75, 3.05) is 0 Å². The van der Waals surface area contributed by atoms with Crippen molar-refractivity contribution in [2.45, 2.75) is 33.6 Å². The number of nitrogens with zero attached hydrogens (tertiary/aromatic N) is 1. The minimum absolute atomic E-state index is 0.213. The number of benzene rings is 1. The van der Waals surface area contributed by atoms with Crippen molar-refractivity contribution in [1.82, 2.24) is 0 Å². The SMILES string of the molecule is CCCC(C)(C)C=Nc1ccccc1.